The summed E-state index contributed by atoms with van der Waals surface area (Å²) in [6.45, 7) is 8.94. The Morgan fingerprint density at radius 2 is 1.79 bits per heavy atom. The molecule has 0 aliphatic carbocycles. The van der Waals surface area contributed by atoms with Crippen LogP contribution >= 0.6 is 12.4 Å². The van der Waals surface area contributed by atoms with Crippen LogP contribution in [0.5, 0.6) is 5.75 Å². The molecule has 0 atom stereocenters. The van der Waals surface area contributed by atoms with Gasteiger partial charge in [0.15, 0.2) is 5.65 Å². The van der Waals surface area contributed by atoms with Crippen LogP contribution in [-0.4, -0.2) is 53.2 Å². The lowest BCUT2D eigenvalue weighted by atomic mass is 9.79. The number of fused-ring (bicyclic) bond motifs is 1. The van der Waals surface area contributed by atoms with Crippen molar-refractivity contribution < 1.29 is 5.11 Å². The summed E-state index contributed by atoms with van der Waals surface area (Å²) in [5, 5.41) is 33.5. The number of aromatic hydroxyl groups is 1. The largest absolute Gasteiger partial charge is 0.507 e. The van der Waals surface area contributed by atoms with Crippen LogP contribution in [0, 0.1) is 0 Å². The van der Waals surface area contributed by atoms with E-state index in [2.05, 4.69) is 63.3 Å². The first kappa shape index (κ1) is 24.0. The zero-order valence-corrected chi connectivity index (χ0v) is 20.9. The van der Waals surface area contributed by atoms with Gasteiger partial charge in [-0.3, -0.25) is 9.67 Å². The molecule has 1 aliphatic rings. The van der Waals surface area contributed by atoms with Crippen LogP contribution in [0.25, 0.3) is 33.5 Å². The fourth-order valence-corrected chi connectivity index (χ4v) is 5.34. The highest BCUT2D eigenvalue weighted by Gasteiger charge is 2.39. The fourth-order valence-electron chi connectivity index (χ4n) is 5.34. The molecule has 34 heavy (non-hydrogen) atoms. The predicted octanol–water partition coefficient (Wildman–Crippen LogP) is 4.53. The Balaban J connectivity index is 0.00000274. The third kappa shape index (κ3) is 4.33. The second kappa shape index (κ2) is 8.56. The molecule has 1 aromatic carbocycles. The van der Waals surface area contributed by atoms with E-state index in [1.54, 1.807) is 18.5 Å². The van der Waals surface area contributed by atoms with Gasteiger partial charge < -0.3 is 15.7 Å². The molecule has 0 spiro atoms. The van der Waals surface area contributed by atoms with Gasteiger partial charge in [-0.15, -0.1) is 22.6 Å². The molecular weight excluding hydrogens is 452 g/mol. The summed E-state index contributed by atoms with van der Waals surface area (Å²) >= 11 is 0. The summed E-state index contributed by atoms with van der Waals surface area (Å²) in [5.74, 6) is 0.909. The highest BCUT2D eigenvalue weighted by atomic mass is 35.5. The highest BCUT2D eigenvalue weighted by Crippen LogP contribution is 2.40. The summed E-state index contributed by atoms with van der Waals surface area (Å²) in [6.07, 6.45) is 5.41. The van der Waals surface area contributed by atoms with Crippen LogP contribution in [0.15, 0.2) is 36.7 Å². The van der Waals surface area contributed by atoms with Crippen molar-refractivity contribution in [2.45, 2.75) is 57.7 Å². The van der Waals surface area contributed by atoms with Crippen molar-refractivity contribution in [1.82, 2.24) is 35.3 Å². The molecule has 9 nitrogen and oxygen atoms in total. The summed E-state index contributed by atoms with van der Waals surface area (Å²) in [6, 6.07) is 7.61. The minimum atomic E-state index is -0.0100. The van der Waals surface area contributed by atoms with Crippen LogP contribution in [0.1, 0.15) is 46.6 Å². The Bertz CT molecular complexity index is 1300. The van der Waals surface area contributed by atoms with Crippen LogP contribution < -0.4 is 10.6 Å². The zero-order valence-electron chi connectivity index (χ0n) is 20.0. The van der Waals surface area contributed by atoms with E-state index in [0.717, 1.165) is 41.1 Å². The molecule has 3 aromatic heterocycles. The van der Waals surface area contributed by atoms with Crippen molar-refractivity contribution >= 4 is 29.5 Å². The van der Waals surface area contributed by atoms with Crippen molar-refractivity contribution in [3.8, 4) is 28.1 Å². The lowest BCUT2D eigenvalue weighted by Gasteiger charge is -2.47. The SMILES string of the molecule is CNc1nc2cc(-c3ccc(-c4cn[nH]c4)cc3O)nnc2n1C1CC(C)(C)NC(C)(C)C1.Cl. The molecule has 0 radical (unpaired) electrons. The number of phenols is 1. The minimum absolute atomic E-state index is 0. The van der Waals surface area contributed by atoms with E-state index in [1.807, 2.05) is 25.2 Å². The van der Waals surface area contributed by atoms with Gasteiger partial charge in [-0.1, -0.05) is 6.07 Å². The average Bonchev–Trinajstić information content (AvgIpc) is 3.38. The molecule has 4 aromatic rings. The first-order chi connectivity index (χ1) is 15.7. The normalized spacial score (nSPS) is 17.4. The number of nitrogens with one attached hydrogen (secondary N) is 3. The van der Waals surface area contributed by atoms with E-state index >= 15 is 0 Å². The summed E-state index contributed by atoms with van der Waals surface area (Å²) in [4.78, 5) is 4.81. The smallest absolute Gasteiger partial charge is 0.205 e. The molecule has 1 fully saturated rings. The number of aromatic amines is 1. The molecule has 0 saturated carbocycles. The molecule has 4 N–H and O–H groups in total. The summed E-state index contributed by atoms with van der Waals surface area (Å²) in [7, 11) is 1.88. The Labute approximate surface area is 204 Å². The number of H-pyrrole nitrogens is 1. The van der Waals surface area contributed by atoms with Gasteiger partial charge >= 0.3 is 0 Å². The minimum Gasteiger partial charge on any atom is -0.507 e. The number of rotatable bonds is 4. The molecule has 0 amide bonds. The van der Waals surface area contributed by atoms with Crippen molar-refractivity contribution in [1.29, 1.82) is 0 Å². The second-order valence-corrected chi connectivity index (χ2v) is 10.2. The maximum atomic E-state index is 10.7. The van der Waals surface area contributed by atoms with Crippen molar-refractivity contribution in [2.24, 2.45) is 0 Å². The number of anilines is 1. The molecular formula is C24H31ClN8O. The average molecular weight is 483 g/mol. The van der Waals surface area contributed by atoms with Gasteiger partial charge in [0.05, 0.1) is 11.9 Å². The third-order valence-corrected chi connectivity index (χ3v) is 6.30. The first-order valence-corrected chi connectivity index (χ1v) is 11.2. The van der Waals surface area contributed by atoms with E-state index in [4.69, 9.17) is 4.98 Å². The van der Waals surface area contributed by atoms with Crippen LogP contribution in [0.3, 0.4) is 0 Å². The number of aromatic nitrogens is 6. The molecule has 4 heterocycles. The molecule has 1 aliphatic heterocycles. The predicted molar refractivity (Wildman–Crippen MR) is 136 cm³/mol. The van der Waals surface area contributed by atoms with Crippen LogP contribution in [-0.2, 0) is 0 Å². The van der Waals surface area contributed by atoms with Gasteiger partial charge in [-0.25, -0.2) is 4.98 Å². The van der Waals surface area contributed by atoms with E-state index < -0.39 is 0 Å². The van der Waals surface area contributed by atoms with Gasteiger partial charge in [0.25, 0.3) is 0 Å². The lowest BCUT2D eigenvalue weighted by molar-refractivity contribution is 0.135. The third-order valence-electron chi connectivity index (χ3n) is 6.30. The number of benzene rings is 1. The lowest BCUT2D eigenvalue weighted by Crippen LogP contribution is -2.58. The number of phenolic OH excluding ortho intramolecular Hbond substituents is 1. The Kier molecular flexibility index (Phi) is 6.03. The topological polar surface area (TPSA) is 117 Å². The standard InChI is InChI=1S/C24H30N8O.ClH/c1-23(2)10-16(11-24(3,4)31-23)32-21-19(28-22(32)25-5)9-18(29-30-21)17-7-6-14(8-20(17)33)15-12-26-27-13-15;/h6-9,12-13,16,31,33H,10-11H2,1-5H3,(H,25,28)(H,26,27);1H. The van der Waals surface area contributed by atoms with Crippen molar-refractivity contribution in [3.05, 3.63) is 36.7 Å². The Hall–Kier alpha value is -3.17. The van der Waals surface area contributed by atoms with Gasteiger partial charge in [-0.05, 0) is 64.3 Å². The number of nitrogens with zero attached hydrogens (tertiary/aromatic N) is 5. The fraction of sp³-hybridized carbons (Fsp3) is 0.417. The van der Waals surface area contributed by atoms with Gasteiger partial charge in [0.1, 0.15) is 11.3 Å². The monoisotopic (exact) mass is 482 g/mol. The number of piperidine rings is 1. The zero-order chi connectivity index (χ0) is 23.4. The quantitative estimate of drug-likeness (QED) is 0.337. The van der Waals surface area contributed by atoms with Gasteiger partial charge in [0.2, 0.25) is 5.95 Å². The molecule has 5 rings (SSSR count). The van der Waals surface area contributed by atoms with Gasteiger partial charge in [0, 0.05) is 41.5 Å². The van der Waals surface area contributed by atoms with E-state index in [0.29, 0.717) is 11.3 Å². The van der Waals surface area contributed by atoms with E-state index in [1.165, 1.54) is 0 Å². The summed E-state index contributed by atoms with van der Waals surface area (Å²) in [5.41, 5.74) is 4.44. The van der Waals surface area contributed by atoms with Crippen molar-refractivity contribution in [3.63, 3.8) is 0 Å². The van der Waals surface area contributed by atoms with Crippen molar-refractivity contribution in [2.75, 3.05) is 12.4 Å². The number of hydrogen-bond donors (Lipinski definition) is 4. The molecule has 0 unspecified atom stereocenters. The van der Waals surface area contributed by atoms with Crippen LogP contribution in [0.2, 0.25) is 0 Å². The number of halogens is 1. The second-order valence-electron chi connectivity index (χ2n) is 10.2. The molecule has 0 bridgehead atoms. The van der Waals surface area contributed by atoms with E-state index in [-0.39, 0.29) is 35.3 Å². The van der Waals surface area contributed by atoms with Gasteiger partial charge in [-0.2, -0.15) is 5.10 Å². The summed E-state index contributed by atoms with van der Waals surface area (Å²) < 4.78 is 2.18. The number of hydrogen-bond acceptors (Lipinski definition) is 7. The maximum Gasteiger partial charge on any atom is 0.205 e. The molecule has 10 heteroatoms. The Morgan fingerprint density at radius 3 is 2.41 bits per heavy atom. The van der Waals surface area contributed by atoms with Crippen LogP contribution in [0.4, 0.5) is 5.95 Å². The highest BCUT2D eigenvalue weighted by molar-refractivity contribution is 5.85. The molecule has 180 valence electrons. The molecule has 1 saturated heterocycles. The van der Waals surface area contributed by atoms with E-state index in [9.17, 15) is 5.11 Å². The Morgan fingerprint density at radius 1 is 1.06 bits per heavy atom. The first-order valence-electron chi connectivity index (χ1n) is 11.2. The maximum absolute atomic E-state index is 10.7. The number of imidazole rings is 1.